The summed E-state index contributed by atoms with van der Waals surface area (Å²) in [5.74, 6) is 1.24. The van der Waals surface area contributed by atoms with Crippen molar-refractivity contribution in [3.05, 3.63) is 29.3 Å². The van der Waals surface area contributed by atoms with Gasteiger partial charge in [0.15, 0.2) is 0 Å². The van der Waals surface area contributed by atoms with Gasteiger partial charge in [0, 0.05) is 18.6 Å². The lowest BCUT2D eigenvalue weighted by atomic mass is 10.1. The maximum absolute atomic E-state index is 12.2. The number of thioether (sulfide) groups is 1. The number of amides is 1. The van der Waals surface area contributed by atoms with Crippen molar-refractivity contribution in [2.24, 2.45) is 5.10 Å². The van der Waals surface area contributed by atoms with Crippen LogP contribution in [0.4, 0.5) is 5.69 Å². The third-order valence-electron chi connectivity index (χ3n) is 3.53. The summed E-state index contributed by atoms with van der Waals surface area (Å²) < 4.78 is 5.23. The first-order valence-electron chi connectivity index (χ1n) is 7.75. The Bertz CT molecular complexity index is 628. The summed E-state index contributed by atoms with van der Waals surface area (Å²) in [4.78, 5) is 24.3. The topological polar surface area (TPSA) is 59.0 Å². The number of nitrogens with zero attached hydrogens (tertiary/aromatic N) is 2. The first-order valence-corrected chi connectivity index (χ1v) is 8.91. The van der Waals surface area contributed by atoms with Gasteiger partial charge in [-0.05, 0) is 36.8 Å². The van der Waals surface area contributed by atoms with E-state index in [1.54, 1.807) is 11.8 Å². The van der Waals surface area contributed by atoms with Gasteiger partial charge in [-0.25, -0.2) is 4.79 Å². The second-order valence-corrected chi connectivity index (χ2v) is 6.77. The number of hydrazone groups is 1. The fraction of sp³-hybridized carbons (Fsp3) is 0.471. The number of esters is 1. The number of anilines is 1. The second kappa shape index (κ2) is 8.15. The highest BCUT2D eigenvalue weighted by Crippen LogP contribution is 2.25. The van der Waals surface area contributed by atoms with Crippen LogP contribution in [0.2, 0.25) is 0 Å². The molecule has 0 aliphatic carbocycles. The minimum atomic E-state index is -0.426. The number of carbonyl (C=O) groups is 2. The second-order valence-electron chi connectivity index (χ2n) is 5.38. The predicted octanol–water partition coefficient (Wildman–Crippen LogP) is 3.08. The molecular formula is C17H22N2O3S. The predicted molar refractivity (Wildman–Crippen MR) is 94.0 cm³/mol. The van der Waals surface area contributed by atoms with Crippen LogP contribution in [0.5, 0.6) is 0 Å². The first-order chi connectivity index (χ1) is 11.0. The van der Waals surface area contributed by atoms with Crippen molar-refractivity contribution in [2.75, 3.05) is 23.1 Å². The summed E-state index contributed by atoms with van der Waals surface area (Å²) in [7, 11) is 0. The van der Waals surface area contributed by atoms with Crippen molar-refractivity contribution in [2.45, 2.75) is 33.6 Å². The molecule has 0 spiro atoms. The van der Waals surface area contributed by atoms with Gasteiger partial charge in [0.1, 0.15) is 12.3 Å². The molecule has 0 fully saturated rings. The van der Waals surface area contributed by atoms with Crippen LogP contribution >= 0.6 is 11.8 Å². The molecule has 2 rings (SSSR count). The van der Waals surface area contributed by atoms with Crippen LogP contribution in [-0.4, -0.2) is 35.7 Å². The fourth-order valence-electron chi connectivity index (χ4n) is 2.26. The van der Waals surface area contributed by atoms with Crippen LogP contribution in [0.15, 0.2) is 23.3 Å². The van der Waals surface area contributed by atoms with Crippen LogP contribution in [0, 0.1) is 13.8 Å². The maximum atomic E-state index is 12.2. The molecule has 6 heteroatoms. The molecule has 1 aromatic carbocycles. The van der Waals surface area contributed by atoms with Crippen molar-refractivity contribution in [1.29, 1.82) is 0 Å². The number of rotatable bonds is 6. The Kier molecular flexibility index (Phi) is 6.21. The van der Waals surface area contributed by atoms with Crippen LogP contribution in [-0.2, 0) is 14.3 Å². The Morgan fingerprint density at radius 1 is 1.35 bits per heavy atom. The summed E-state index contributed by atoms with van der Waals surface area (Å²) in [6.07, 6.45) is 0.602. The molecule has 1 amide bonds. The minimum Gasteiger partial charge on any atom is -0.460 e. The Labute approximate surface area is 141 Å². The summed E-state index contributed by atoms with van der Waals surface area (Å²) >= 11 is 1.72. The van der Waals surface area contributed by atoms with E-state index in [0.717, 1.165) is 28.3 Å². The maximum Gasteiger partial charge on any atom is 0.354 e. The van der Waals surface area contributed by atoms with Crippen molar-refractivity contribution in [3.63, 3.8) is 0 Å². The number of carbonyl (C=O) groups excluding carboxylic acids is 2. The van der Waals surface area contributed by atoms with Crippen LogP contribution in [0.3, 0.4) is 0 Å². The zero-order chi connectivity index (χ0) is 16.8. The first kappa shape index (κ1) is 17.5. The van der Waals surface area contributed by atoms with Gasteiger partial charge in [0.2, 0.25) is 5.91 Å². The quantitative estimate of drug-likeness (QED) is 0.592. The average molecular weight is 334 g/mol. The van der Waals surface area contributed by atoms with Gasteiger partial charge in [-0.1, -0.05) is 19.1 Å². The zero-order valence-corrected chi connectivity index (χ0v) is 14.6. The van der Waals surface area contributed by atoms with Crippen molar-refractivity contribution in [3.8, 4) is 0 Å². The van der Waals surface area contributed by atoms with E-state index in [1.807, 2.05) is 32.0 Å². The summed E-state index contributed by atoms with van der Waals surface area (Å²) in [6.45, 7) is 6.31. The molecule has 0 bridgehead atoms. The van der Waals surface area contributed by atoms with E-state index in [4.69, 9.17) is 4.74 Å². The molecule has 0 saturated carbocycles. The van der Waals surface area contributed by atoms with Gasteiger partial charge in [0.25, 0.3) is 0 Å². The van der Waals surface area contributed by atoms with E-state index in [0.29, 0.717) is 18.7 Å². The van der Waals surface area contributed by atoms with Crippen LogP contribution < -0.4 is 5.01 Å². The molecule has 0 saturated heterocycles. The Morgan fingerprint density at radius 3 is 2.87 bits per heavy atom. The minimum absolute atomic E-state index is 0.100. The molecule has 1 aromatic rings. The van der Waals surface area contributed by atoms with Crippen LogP contribution in [0.1, 0.15) is 30.9 Å². The zero-order valence-electron chi connectivity index (χ0n) is 13.8. The summed E-state index contributed by atoms with van der Waals surface area (Å²) in [6, 6.07) is 5.84. The normalized spacial score (nSPS) is 14.7. The van der Waals surface area contributed by atoms with Gasteiger partial charge in [-0.2, -0.15) is 21.9 Å². The van der Waals surface area contributed by atoms with Gasteiger partial charge >= 0.3 is 5.97 Å². The largest absolute Gasteiger partial charge is 0.460 e. The number of hydrogen-bond acceptors (Lipinski definition) is 5. The molecule has 0 N–H and O–H groups in total. The molecule has 124 valence electrons. The van der Waals surface area contributed by atoms with Crippen molar-refractivity contribution in [1.82, 2.24) is 0 Å². The standard InChI is InChI=1S/C17H22N2O3S/c1-4-23-10-9-22-17(21)14-7-8-16(20)19(18-14)15-11-12(2)5-6-13(15)3/h5-6,11H,4,7-10H2,1-3H3. The molecule has 0 unspecified atom stereocenters. The third kappa shape index (κ3) is 4.58. The molecule has 23 heavy (non-hydrogen) atoms. The third-order valence-corrected chi connectivity index (χ3v) is 4.39. The molecule has 1 heterocycles. The summed E-state index contributed by atoms with van der Waals surface area (Å²) in [5, 5.41) is 5.59. The molecule has 1 aliphatic heterocycles. The highest BCUT2D eigenvalue weighted by molar-refractivity contribution is 7.99. The number of aryl methyl sites for hydroxylation is 2. The van der Waals surface area contributed by atoms with Gasteiger partial charge in [-0.3, -0.25) is 4.79 Å². The van der Waals surface area contributed by atoms with E-state index < -0.39 is 5.97 Å². The molecule has 0 aromatic heterocycles. The van der Waals surface area contributed by atoms with E-state index in [2.05, 4.69) is 12.0 Å². The lowest BCUT2D eigenvalue weighted by Crippen LogP contribution is -2.35. The van der Waals surface area contributed by atoms with E-state index in [1.165, 1.54) is 5.01 Å². The molecule has 5 nitrogen and oxygen atoms in total. The number of hydrogen-bond donors (Lipinski definition) is 0. The lowest BCUT2D eigenvalue weighted by molar-refractivity contribution is -0.135. The molecule has 0 atom stereocenters. The number of benzene rings is 1. The van der Waals surface area contributed by atoms with Crippen molar-refractivity contribution < 1.29 is 14.3 Å². The highest BCUT2D eigenvalue weighted by atomic mass is 32.2. The highest BCUT2D eigenvalue weighted by Gasteiger charge is 2.27. The SMILES string of the molecule is CCSCCOC(=O)C1=NN(c2cc(C)ccc2C)C(=O)CC1. The van der Waals surface area contributed by atoms with Gasteiger partial charge in [-0.15, -0.1) is 0 Å². The number of ether oxygens (including phenoxy) is 1. The lowest BCUT2D eigenvalue weighted by Gasteiger charge is -2.24. The van der Waals surface area contributed by atoms with E-state index in [-0.39, 0.29) is 12.3 Å². The monoisotopic (exact) mass is 334 g/mol. The fourth-order valence-corrected chi connectivity index (χ4v) is 2.75. The molecule has 1 aliphatic rings. The molecule has 0 radical (unpaired) electrons. The summed E-state index contributed by atoms with van der Waals surface area (Å²) in [5.41, 5.74) is 3.02. The van der Waals surface area contributed by atoms with Crippen molar-refractivity contribution >= 4 is 35.0 Å². The van der Waals surface area contributed by atoms with Gasteiger partial charge < -0.3 is 4.74 Å². The smallest absolute Gasteiger partial charge is 0.354 e. The Balaban J connectivity index is 2.14. The van der Waals surface area contributed by atoms with Crippen LogP contribution in [0.25, 0.3) is 0 Å². The Hall–Kier alpha value is -1.82. The van der Waals surface area contributed by atoms with E-state index >= 15 is 0 Å². The van der Waals surface area contributed by atoms with E-state index in [9.17, 15) is 9.59 Å². The average Bonchev–Trinajstić information content (AvgIpc) is 2.54. The van der Waals surface area contributed by atoms with Gasteiger partial charge in [0.05, 0.1) is 5.69 Å². The Morgan fingerprint density at radius 2 is 2.13 bits per heavy atom. The molecular weight excluding hydrogens is 312 g/mol.